The molecule has 2 aromatic carbocycles. The van der Waals surface area contributed by atoms with Crippen molar-refractivity contribution in [3.05, 3.63) is 90.3 Å². The number of nitrogens with one attached hydrogen (secondary N) is 2. The highest BCUT2D eigenvalue weighted by atomic mass is 19.4. The molecule has 3 heterocycles. The largest absolute Gasteiger partial charge is 0.484 e. The van der Waals surface area contributed by atoms with Crippen molar-refractivity contribution in [1.82, 2.24) is 25.0 Å². The van der Waals surface area contributed by atoms with Crippen LogP contribution in [0.4, 0.5) is 23.7 Å². The average molecular weight is 609 g/mol. The Kier molecular flexibility index (Phi) is 9.44. The fraction of sp³-hybridized carbons (Fsp3) is 0.290. The van der Waals surface area contributed by atoms with E-state index >= 15 is 0 Å². The summed E-state index contributed by atoms with van der Waals surface area (Å²) in [6.45, 7) is 0.383. The zero-order chi connectivity index (χ0) is 31.1. The number of aromatic nitrogens is 3. The fourth-order valence-corrected chi connectivity index (χ4v) is 4.74. The highest BCUT2D eigenvalue weighted by Gasteiger charge is 2.28. The third-order valence-electron chi connectivity index (χ3n) is 6.86. The summed E-state index contributed by atoms with van der Waals surface area (Å²) >= 11 is 0. The first-order chi connectivity index (χ1) is 21.1. The first-order valence-electron chi connectivity index (χ1n) is 14.0. The average Bonchev–Trinajstić information content (AvgIpc) is 3.47. The third-order valence-corrected chi connectivity index (χ3v) is 6.86. The van der Waals surface area contributed by atoms with Crippen molar-refractivity contribution < 1.29 is 32.2 Å². The quantitative estimate of drug-likeness (QED) is 0.260. The zero-order valence-electron chi connectivity index (χ0n) is 23.9. The maximum Gasteiger partial charge on any atom is 0.422 e. The van der Waals surface area contributed by atoms with Crippen LogP contribution in [0.15, 0.2) is 79.1 Å². The molecule has 2 aromatic heterocycles. The molecule has 230 valence electrons. The van der Waals surface area contributed by atoms with Crippen LogP contribution < -0.4 is 15.4 Å². The van der Waals surface area contributed by atoms with Gasteiger partial charge in [-0.3, -0.25) is 10.1 Å². The molecule has 44 heavy (non-hydrogen) atoms. The molecule has 2 N–H and O–H groups in total. The van der Waals surface area contributed by atoms with E-state index in [9.17, 15) is 22.8 Å². The van der Waals surface area contributed by atoms with Gasteiger partial charge in [-0.1, -0.05) is 30.3 Å². The fourth-order valence-electron chi connectivity index (χ4n) is 4.74. The number of carbonyl (C=O) groups excluding carboxylic acids is 2. The van der Waals surface area contributed by atoms with Crippen molar-refractivity contribution in [2.45, 2.75) is 31.7 Å². The Bertz CT molecular complexity index is 1580. The predicted octanol–water partition coefficient (Wildman–Crippen LogP) is 5.45. The van der Waals surface area contributed by atoms with Crippen molar-refractivity contribution in [1.29, 1.82) is 0 Å². The lowest BCUT2D eigenvalue weighted by Crippen LogP contribution is -2.46. The number of anilines is 1. The Hall–Kier alpha value is -4.91. The second-order valence-electron chi connectivity index (χ2n) is 10.5. The molecule has 0 saturated carbocycles. The summed E-state index contributed by atoms with van der Waals surface area (Å²) in [5, 5.41) is 10.0. The van der Waals surface area contributed by atoms with E-state index in [0.29, 0.717) is 22.5 Å². The van der Waals surface area contributed by atoms with E-state index in [1.807, 2.05) is 37.4 Å². The lowest BCUT2D eigenvalue weighted by molar-refractivity contribution is -0.153. The molecule has 0 aliphatic carbocycles. The van der Waals surface area contributed by atoms with Crippen LogP contribution in [0, 0.1) is 0 Å². The number of ether oxygens (including phenoxy) is 2. The standard InChI is InChI=1S/C31H31F3N6O4/c1-39-13-5-8-24(17-39)36-29(41)23-14-27(22-9-11-26(12-10-22)44-20-31(32,33)34)38-28(15-23)40-18-25(16-35-40)37-30(42)43-19-21-6-3-2-4-7-21/h2-4,6-7,9-12,14-16,18,24H,5,8,13,17,19-20H2,1H3,(H,36,41)(H,37,42)/t24-/m0/s1. The number of likely N-dealkylation sites (tertiary alicyclic amines) is 1. The van der Waals surface area contributed by atoms with Gasteiger partial charge in [-0.25, -0.2) is 14.5 Å². The minimum Gasteiger partial charge on any atom is -0.484 e. The van der Waals surface area contributed by atoms with Crippen molar-refractivity contribution in [3.63, 3.8) is 0 Å². The van der Waals surface area contributed by atoms with Crippen molar-refractivity contribution in [2.24, 2.45) is 0 Å². The molecule has 0 radical (unpaired) electrons. The number of rotatable bonds is 9. The number of hydrogen-bond donors (Lipinski definition) is 2. The van der Waals surface area contributed by atoms with Crippen LogP contribution in [0.5, 0.6) is 5.75 Å². The molecule has 1 atom stereocenters. The molecular weight excluding hydrogens is 577 g/mol. The van der Waals surface area contributed by atoms with Crippen LogP contribution in [0.3, 0.4) is 0 Å². The molecule has 0 unspecified atom stereocenters. The van der Waals surface area contributed by atoms with E-state index in [1.165, 1.54) is 29.2 Å². The van der Waals surface area contributed by atoms with E-state index in [4.69, 9.17) is 9.47 Å². The SMILES string of the molecule is CN1CCC[C@H](NC(=O)c2cc(-c3ccc(OCC(F)(F)F)cc3)nc(-n3cc(NC(=O)OCc4ccccc4)cn3)c2)C1. The smallest absolute Gasteiger partial charge is 0.422 e. The number of nitrogens with zero attached hydrogens (tertiary/aromatic N) is 4. The molecule has 5 rings (SSSR count). The summed E-state index contributed by atoms with van der Waals surface area (Å²) in [5.41, 5.74) is 2.45. The van der Waals surface area contributed by atoms with Gasteiger partial charge in [0.1, 0.15) is 12.4 Å². The highest BCUT2D eigenvalue weighted by molar-refractivity contribution is 5.96. The maximum atomic E-state index is 13.4. The van der Waals surface area contributed by atoms with Gasteiger partial charge in [-0.15, -0.1) is 0 Å². The van der Waals surface area contributed by atoms with Gasteiger partial charge in [-0.2, -0.15) is 18.3 Å². The molecule has 4 aromatic rings. The summed E-state index contributed by atoms with van der Waals surface area (Å²) in [4.78, 5) is 32.5. The molecule has 2 amide bonds. The van der Waals surface area contributed by atoms with Crippen LogP contribution in [0.2, 0.25) is 0 Å². The summed E-state index contributed by atoms with van der Waals surface area (Å²) in [6, 6.07) is 18.4. The van der Waals surface area contributed by atoms with Gasteiger partial charge in [0.15, 0.2) is 12.4 Å². The second-order valence-corrected chi connectivity index (χ2v) is 10.5. The number of alkyl halides is 3. The number of hydrogen-bond acceptors (Lipinski definition) is 7. The normalized spacial score (nSPS) is 15.4. The molecule has 1 aliphatic heterocycles. The van der Waals surface area contributed by atoms with Crippen molar-refractivity contribution in [3.8, 4) is 22.8 Å². The van der Waals surface area contributed by atoms with E-state index in [0.717, 1.165) is 31.5 Å². The number of piperidine rings is 1. The van der Waals surface area contributed by atoms with E-state index in [-0.39, 0.29) is 30.1 Å². The minimum absolute atomic E-state index is 0.0196. The topological polar surface area (TPSA) is 111 Å². The van der Waals surface area contributed by atoms with Gasteiger partial charge in [0, 0.05) is 23.7 Å². The van der Waals surface area contributed by atoms with Gasteiger partial charge < -0.3 is 19.7 Å². The monoisotopic (exact) mass is 608 g/mol. The Balaban J connectivity index is 1.36. The molecular formula is C31H31F3N6O4. The van der Waals surface area contributed by atoms with Gasteiger partial charge in [0.05, 0.1) is 23.8 Å². The van der Waals surface area contributed by atoms with Crippen LogP contribution in [-0.2, 0) is 11.3 Å². The molecule has 10 nitrogen and oxygen atoms in total. The van der Waals surface area contributed by atoms with Crippen LogP contribution in [0.1, 0.15) is 28.8 Å². The predicted molar refractivity (Wildman–Crippen MR) is 157 cm³/mol. The first kappa shape index (κ1) is 30.5. The number of benzene rings is 2. The molecule has 1 aliphatic rings. The molecule has 1 saturated heterocycles. The van der Waals surface area contributed by atoms with Crippen LogP contribution in [0.25, 0.3) is 17.1 Å². The van der Waals surface area contributed by atoms with E-state index < -0.39 is 18.9 Å². The molecule has 0 bridgehead atoms. The molecule has 1 fully saturated rings. The Morgan fingerprint density at radius 3 is 2.57 bits per heavy atom. The summed E-state index contributed by atoms with van der Waals surface area (Å²) in [6.07, 6.45) is -0.354. The highest BCUT2D eigenvalue weighted by Crippen LogP contribution is 2.25. The molecule has 0 spiro atoms. The van der Waals surface area contributed by atoms with Crippen molar-refractivity contribution in [2.75, 3.05) is 32.1 Å². The zero-order valence-corrected chi connectivity index (χ0v) is 23.9. The number of amides is 2. The van der Waals surface area contributed by atoms with Gasteiger partial charge >= 0.3 is 12.3 Å². The first-order valence-corrected chi connectivity index (χ1v) is 14.0. The Labute approximate surface area is 251 Å². The summed E-state index contributed by atoms with van der Waals surface area (Å²) < 4.78 is 49.2. The van der Waals surface area contributed by atoms with Crippen LogP contribution >= 0.6 is 0 Å². The second kappa shape index (κ2) is 13.6. The maximum absolute atomic E-state index is 13.4. The van der Waals surface area contributed by atoms with Gasteiger partial charge in [0.25, 0.3) is 5.91 Å². The Morgan fingerprint density at radius 1 is 1.07 bits per heavy atom. The van der Waals surface area contributed by atoms with Gasteiger partial charge in [0.2, 0.25) is 0 Å². The summed E-state index contributed by atoms with van der Waals surface area (Å²) in [5.74, 6) is 0.0374. The third kappa shape index (κ3) is 8.57. The van der Waals surface area contributed by atoms with E-state index in [2.05, 4.69) is 25.6 Å². The number of halogens is 3. The van der Waals surface area contributed by atoms with Crippen molar-refractivity contribution >= 4 is 17.7 Å². The number of carbonyl (C=O) groups is 2. The van der Waals surface area contributed by atoms with E-state index in [1.54, 1.807) is 24.3 Å². The lowest BCUT2D eigenvalue weighted by atomic mass is 10.0. The number of pyridine rings is 1. The number of likely N-dealkylation sites (N-methyl/N-ethyl adjacent to an activating group) is 1. The summed E-state index contributed by atoms with van der Waals surface area (Å²) in [7, 11) is 2.00. The molecule has 13 heteroatoms. The van der Waals surface area contributed by atoms with Crippen LogP contribution in [-0.4, -0.2) is 70.6 Å². The lowest BCUT2D eigenvalue weighted by Gasteiger charge is -2.30. The minimum atomic E-state index is -4.46. The van der Waals surface area contributed by atoms with Gasteiger partial charge in [-0.05, 0) is 68.4 Å². The Morgan fingerprint density at radius 2 is 1.84 bits per heavy atom.